The van der Waals surface area contributed by atoms with Crippen molar-refractivity contribution < 1.29 is 14.5 Å². The highest BCUT2D eigenvalue weighted by atomic mass is 16.6. The van der Waals surface area contributed by atoms with E-state index in [-0.39, 0.29) is 6.42 Å². The molecule has 0 bridgehead atoms. The van der Waals surface area contributed by atoms with Gasteiger partial charge in [-0.15, -0.1) is 0 Å². The Hall–Kier alpha value is -1.39. The summed E-state index contributed by atoms with van der Waals surface area (Å²) in [4.78, 5) is 20.4. The SMILES string of the molecule is C/C=C/CC(C(=O)OC)[N+](=O)[O-]. The van der Waals surface area contributed by atoms with Gasteiger partial charge in [-0.05, 0) is 6.92 Å². The molecule has 0 aromatic heterocycles. The highest BCUT2D eigenvalue weighted by Crippen LogP contribution is 2.00. The Labute approximate surface area is 70.2 Å². The van der Waals surface area contributed by atoms with Crippen molar-refractivity contribution in [2.24, 2.45) is 0 Å². The molecule has 0 radical (unpaired) electrons. The summed E-state index contributed by atoms with van der Waals surface area (Å²) in [5.41, 5.74) is 0. The number of esters is 1. The molecule has 0 rings (SSSR count). The summed E-state index contributed by atoms with van der Waals surface area (Å²) in [6, 6.07) is -1.27. The average Bonchev–Trinajstić information content (AvgIpc) is 2.04. The topological polar surface area (TPSA) is 69.4 Å². The first-order chi connectivity index (χ1) is 5.63. The Bertz CT molecular complexity index is 200. The summed E-state index contributed by atoms with van der Waals surface area (Å²) >= 11 is 0. The number of allylic oxidation sites excluding steroid dienone is 1. The molecule has 0 aromatic carbocycles. The lowest BCUT2D eigenvalue weighted by atomic mass is 10.2. The van der Waals surface area contributed by atoms with Crippen molar-refractivity contribution in [1.82, 2.24) is 0 Å². The fraction of sp³-hybridized carbons (Fsp3) is 0.571. The van der Waals surface area contributed by atoms with Gasteiger partial charge in [-0.25, -0.2) is 4.79 Å². The zero-order valence-corrected chi connectivity index (χ0v) is 7.02. The van der Waals surface area contributed by atoms with Crippen LogP contribution in [0.25, 0.3) is 0 Å². The molecule has 0 heterocycles. The number of hydrogen-bond donors (Lipinski definition) is 0. The average molecular weight is 173 g/mol. The summed E-state index contributed by atoms with van der Waals surface area (Å²) in [6.07, 6.45) is 3.29. The predicted octanol–water partition coefficient (Wildman–Crippen LogP) is 0.771. The van der Waals surface area contributed by atoms with E-state index < -0.39 is 16.9 Å². The van der Waals surface area contributed by atoms with Crippen molar-refractivity contribution in [2.75, 3.05) is 7.11 Å². The summed E-state index contributed by atoms with van der Waals surface area (Å²) in [6.45, 7) is 1.73. The highest BCUT2D eigenvalue weighted by molar-refractivity contribution is 5.74. The summed E-state index contributed by atoms with van der Waals surface area (Å²) in [5, 5.41) is 10.3. The van der Waals surface area contributed by atoms with Crippen LogP contribution < -0.4 is 0 Å². The molecule has 0 aromatic rings. The maximum Gasteiger partial charge on any atom is 0.381 e. The maximum absolute atomic E-state index is 10.8. The minimum Gasteiger partial charge on any atom is -0.464 e. The van der Waals surface area contributed by atoms with Gasteiger partial charge in [0.05, 0.1) is 7.11 Å². The van der Waals surface area contributed by atoms with Crippen molar-refractivity contribution in [3.05, 3.63) is 22.3 Å². The van der Waals surface area contributed by atoms with Crippen LogP contribution in [0.1, 0.15) is 13.3 Å². The monoisotopic (exact) mass is 173 g/mol. The number of carbonyl (C=O) groups is 1. The predicted molar refractivity (Wildman–Crippen MR) is 42.2 cm³/mol. The van der Waals surface area contributed by atoms with Gasteiger partial charge in [-0.3, -0.25) is 10.1 Å². The third-order valence-corrected chi connectivity index (χ3v) is 1.32. The van der Waals surface area contributed by atoms with Gasteiger partial charge < -0.3 is 4.74 Å². The largest absolute Gasteiger partial charge is 0.464 e. The molecule has 0 aliphatic carbocycles. The number of nitro groups is 1. The zero-order valence-electron chi connectivity index (χ0n) is 7.02. The first kappa shape index (κ1) is 10.6. The zero-order chi connectivity index (χ0) is 9.56. The molecule has 0 amide bonds. The van der Waals surface area contributed by atoms with Gasteiger partial charge in [0.2, 0.25) is 0 Å². The van der Waals surface area contributed by atoms with Gasteiger partial charge in [0, 0.05) is 11.3 Å². The molecule has 68 valence electrons. The van der Waals surface area contributed by atoms with Crippen LogP contribution in [-0.2, 0) is 9.53 Å². The van der Waals surface area contributed by atoms with Crippen LogP contribution in [-0.4, -0.2) is 24.0 Å². The van der Waals surface area contributed by atoms with E-state index in [0.29, 0.717) is 0 Å². The number of hydrogen-bond acceptors (Lipinski definition) is 4. The van der Waals surface area contributed by atoms with Crippen molar-refractivity contribution >= 4 is 5.97 Å². The van der Waals surface area contributed by atoms with Gasteiger partial charge >= 0.3 is 12.0 Å². The quantitative estimate of drug-likeness (QED) is 0.272. The van der Waals surface area contributed by atoms with Crippen molar-refractivity contribution in [3.63, 3.8) is 0 Å². The molecule has 0 saturated carbocycles. The fourth-order valence-electron chi connectivity index (χ4n) is 0.669. The number of rotatable bonds is 4. The molecule has 1 atom stereocenters. The molecule has 0 aliphatic rings. The van der Waals surface area contributed by atoms with Crippen molar-refractivity contribution in [1.29, 1.82) is 0 Å². The third-order valence-electron chi connectivity index (χ3n) is 1.32. The Morgan fingerprint density at radius 3 is 2.67 bits per heavy atom. The molecular formula is C7H11NO4. The fourth-order valence-corrected chi connectivity index (χ4v) is 0.669. The van der Waals surface area contributed by atoms with Crippen LogP contribution in [0.4, 0.5) is 0 Å². The number of carbonyl (C=O) groups excluding carboxylic acids is 1. The van der Waals surface area contributed by atoms with E-state index in [1.54, 1.807) is 19.1 Å². The summed E-state index contributed by atoms with van der Waals surface area (Å²) in [5.74, 6) is -0.807. The Kier molecular flexibility index (Phi) is 4.67. The Morgan fingerprint density at radius 1 is 1.75 bits per heavy atom. The van der Waals surface area contributed by atoms with E-state index in [2.05, 4.69) is 4.74 Å². The van der Waals surface area contributed by atoms with Crippen LogP contribution in [0.15, 0.2) is 12.2 Å². The van der Waals surface area contributed by atoms with E-state index in [1.165, 1.54) is 0 Å². The second kappa shape index (κ2) is 5.29. The summed E-state index contributed by atoms with van der Waals surface area (Å²) in [7, 11) is 1.13. The molecular weight excluding hydrogens is 162 g/mol. The van der Waals surface area contributed by atoms with Gasteiger partial charge in [-0.1, -0.05) is 12.2 Å². The molecule has 5 heteroatoms. The standard InChI is InChI=1S/C7H11NO4/c1-3-4-5-6(8(10)11)7(9)12-2/h3-4,6H,5H2,1-2H3/b4-3+. The van der Waals surface area contributed by atoms with Gasteiger partial charge in [0.1, 0.15) is 0 Å². The van der Waals surface area contributed by atoms with Crippen LogP contribution in [0, 0.1) is 10.1 Å². The second-order valence-electron chi connectivity index (χ2n) is 2.13. The van der Waals surface area contributed by atoms with E-state index in [0.717, 1.165) is 7.11 Å². The van der Waals surface area contributed by atoms with Crippen LogP contribution in [0.2, 0.25) is 0 Å². The van der Waals surface area contributed by atoms with E-state index in [9.17, 15) is 14.9 Å². The highest BCUT2D eigenvalue weighted by Gasteiger charge is 2.28. The molecule has 0 fully saturated rings. The molecule has 12 heavy (non-hydrogen) atoms. The van der Waals surface area contributed by atoms with Crippen molar-refractivity contribution in [3.8, 4) is 0 Å². The smallest absolute Gasteiger partial charge is 0.381 e. The second-order valence-corrected chi connectivity index (χ2v) is 2.13. The molecule has 5 nitrogen and oxygen atoms in total. The van der Waals surface area contributed by atoms with Crippen LogP contribution >= 0.6 is 0 Å². The summed E-state index contributed by atoms with van der Waals surface area (Å²) < 4.78 is 4.26. The normalized spacial score (nSPS) is 12.8. The lowest BCUT2D eigenvalue weighted by Crippen LogP contribution is -2.29. The van der Waals surface area contributed by atoms with E-state index in [4.69, 9.17) is 0 Å². The van der Waals surface area contributed by atoms with Gasteiger partial charge in [0.25, 0.3) is 0 Å². The minimum atomic E-state index is -1.27. The van der Waals surface area contributed by atoms with Gasteiger partial charge in [-0.2, -0.15) is 0 Å². The van der Waals surface area contributed by atoms with Crippen LogP contribution in [0.3, 0.4) is 0 Å². The van der Waals surface area contributed by atoms with E-state index in [1.807, 2.05) is 0 Å². The Morgan fingerprint density at radius 2 is 2.33 bits per heavy atom. The van der Waals surface area contributed by atoms with E-state index >= 15 is 0 Å². The number of methoxy groups -OCH3 is 1. The van der Waals surface area contributed by atoms with Crippen LogP contribution in [0.5, 0.6) is 0 Å². The van der Waals surface area contributed by atoms with Crippen molar-refractivity contribution in [2.45, 2.75) is 19.4 Å². The Balaban J connectivity index is 4.23. The number of nitrogens with zero attached hydrogens (tertiary/aromatic N) is 1. The lowest BCUT2D eigenvalue weighted by Gasteiger charge is -2.03. The molecule has 0 spiro atoms. The lowest BCUT2D eigenvalue weighted by molar-refractivity contribution is -0.509. The molecule has 0 saturated heterocycles. The first-order valence-corrected chi connectivity index (χ1v) is 3.46. The molecule has 0 N–H and O–H groups in total. The molecule has 1 unspecified atom stereocenters. The third kappa shape index (κ3) is 3.14. The maximum atomic E-state index is 10.8. The first-order valence-electron chi connectivity index (χ1n) is 3.46. The number of ether oxygens (including phenoxy) is 1. The molecule has 0 aliphatic heterocycles. The minimum absolute atomic E-state index is 0.0795. The van der Waals surface area contributed by atoms with Gasteiger partial charge in [0.15, 0.2) is 0 Å².